The van der Waals surface area contributed by atoms with Crippen molar-refractivity contribution in [1.29, 1.82) is 0 Å². The smallest absolute Gasteiger partial charge is 0.269 e. The average Bonchev–Trinajstić information content (AvgIpc) is 3.48. The van der Waals surface area contributed by atoms with Gasteiger partial charge in [-0.15, -0.1) is 0 Å². The number of H-pyrrole nitrogens is 1. The van der Waals surface area contributed by atoms with Gasteiger partial charge in [0.1, 0.15) is 5.69 Å². The third-order valence-electron chi connectivity index (χ3n) is 6.16. The number of rotatable bonds is 5. The summed E-state index contributed by atoms with van der Waals surface area (Å²) in [7, 11) is 1.49. The van der Waals surface area contributed by atoms with Crippen molar-refractivity contribution in [2.75, 3.05) is 25.0 Å². The zero-order valence-corrected chi connectivity index (χ0v) is 17.4. The van der Waals surface area contributed by atoms with E-state index in [0.29, 0.717) is 37.0 Å². The van der Waals surface area contributed by atoms with Crippen LogP contribution in [0.15, 0.2) is 29.3 Å². The standard InChI is InChI=1S/C21H24FN7O2/c1-3-12-9-28-11-13(24-21(28)26-19(12)30)10-27-6-7-29(17-8-16(17)27)15-5-4-14(20(31)23-2)25-18(15)22/h4-5,9,11,16-17H,3,6-8,10H2,1-2H3,(H,23,31)(H,24,26,30). The van der Waals surface area contributed by atoms with Crippen LogP contribution >= 0.6 is 0 Å². The lowest BCUT2D eigenvalue weighted by Crippen LogP contribution is -2.46. The third kappa shape index (κ3) is 3.46. The minimum Gasteiger partial charge on any atom is -0.362 e. The summed E-state index contributed by atoms with van der Waals surface area (Å²) in [6.45, 7) is 4.06. The van der Waals surface area contributed by atoms with Crippen molar-refractivity contribution in [3.05, 3.63) is 57.8 Å². The molecule has 31 heavy (non-hydrogen) atoms. The lowest BCUT2D eigenvalue weighted by molar-refractivity contribution is 0.0957. The van der Waals surface area contributed by atoms with E-state index in [1.807, 2.05) is 28.6 Å². The molecule has 3 aromatic rings. The number of aryl methyl sites for hydroxylation is 1. The number of piperazine rings is 1. The first-order chi connectivity index (χ1) is 15.0. The molecule has 162 valence electrons. The molecule has 9 nitrogen and oxygen atoms in total. The number of aromatic amines is 1. The summed E-state index contributed by atoms with van der Waals surface area (Å²) in [6, 6.07) is 3.74. The molecule has 1 saturated carbocycles. The van der Waals surface area contributed by atoms with Gasteiger partial charge in [-0.25, -0.2) is 9.97 Å². The number of fused-ring (bicyclic) bond motifs is 2. The fourth-order valence-electron chi connectivity index (χ4n) is 4.43. The van der Waals surface area contributed by atoms with Crippen molar-refractivity contribution in [2.24, 2.45) is 0 Å². The quantitative estimate of drug-likeness (QED) is 0.591. The maximum Gasteiger partial charge on any atom is 0.269 e. The van der Waals surface area contributed by atoms with Crippen LogP contribution in [0, 0.1) is 5.95 Å². The molecule has 1 amide bonds. The van der Waals surface area contributed by atoms with Crippen LogP contribution in [0.5, 0.6) is 0 Å². The first-order valence-corrected chi connectivity index (χ1v) is 10.5. The molecule has 0 aromatic carbocycles. The van der Waals surface area contributed by atoms with E-state index in [4.69, 9.17) is 0 Å². The summed E-state index contributed by atoms with van der Waals surface area (Å²) in [5, 5.41) is 2.46. The Bertz CT molecular complexity index is 1220. The van der Waals surface area contributed by atoms with E-state index in [-0.39, 0.29) is 17.3 Å². The van der Waals surface area contributed by atoms with Gasteiger partial charge in [0.05, 0.1) is 11.4 Å². The predicted molar refractivity (Wildman–Crippen MR) is 113 cm³/mol. The monoisotopic (exact) mass is 425 g/mol. The van der Waals surface area contributed by atoms with Gasteiger partial charge in [-0.3, -0.25) is 23.9 Å². The van der Waals surface area contributed by atoms with Crippen molar-refractivity contribution in [3.63, 3.8) is 0 Å². The number of nitrogens with one attached hydrogen (secondary N) is 2. The van der Waals surface area contributed by atoms with Crippen LogP contribution in [0.2, 0.25) is 0 Å². The van der Waals surface area contributed by atoms with Crippen molar-refractivity contribution in [1.82, 2.24) is 29.6 Å². The summed E-state index contributed by atoms with van der Waals surface area (Å²) < 4.78 is 16.5. The van der Waals surface area contributed by atoms with E-state index in [9.17, 15) is 14.0 Å². The molecule has 1 saturated heterocycles. The van der Waals surface area contributed by atoms with Gasteiger partial charge in [-0.1, -0.05) is 6.92 Å². The van der Waals surface area contributed by atoms with Crippen molar-refractivity contribution in [3.8, 4) is 0 Å². The van der Waals surface area contributed by atoms with E-state index in [2.05, 4.69) is 25.2 Å². The molecule has 2 aliphatic rings. The minimum absolute atomic E-state index is 0.0749. The van der Waals surface area contributed by atoms with Gasteiger partial charge >= 0.3 is 0 Å². The topological polar surface area (TPSA) is 98.6 Å². The molecule has 4 heterocycles. The first-order valence-electron chi connectivity index (χ1n) is 10.5. The highest BCUT2D eigenvalue weighted by Gasteiger charge is 2.49. The number of carbonyl (C=O) groups is 1. The van der Waals surface area contributed by atoms with Gasteiger partial charge in [0, 0.05) is 56.7 Å². The predicted octanol–water partition coefficient (Wildman–Crippen LogP) is 0.942. The number of hydrogen-bond acceptors (Lipinski definition) is 6. The van der Waals surface area contributed by atoms with E-state index in [1.54, 1.807) is 12.1 Å². The maximum absolute atomic E-state index is 14.6. The highest BCUT2D eigenvalue weighted by Crippen LogP contribution is 2.40. The molecule has 10 heteroatoms. The summed E-state index contributed by atoms with van der Waals surface area (Å²) in [5.74, 6) is -0.469. The summed E-state index contributed by atoms with van der Waals surface area (Å²) in [6.07, 6.45) is 5.40. The summed E-state index contributed by atoms with van der Waals surface area (Å²) in [4.78, 5) is 39.3. The molecule has 1 aliphatic carbocycles. The highest BCUT2D eigenvalue weighted by molar-refractivity contribution is 5.92. The maximum atomic E-state index is 14.6. The third-order valence-corrected chi connectivity index (χ3v) is 6.16. The second-order valence-electron chi connectivity index (χ2n) is 8.04. The Kier molecular flexibility index (Phi) is 4.73. The van der Waals surface area contributed by atoms with Crippen LogP contribution in [0.25, 0.3) is 5.78 Å². The Balaban J connectivity index is 1.30. The number of nitrogens with zero attached hydrogens (tertiary/aromatic N) is 5. The number of hydrogen-bond donors (Lipinski definition) is 2. The van der Waals surface area contributed by atoms with Crippen LogP contribution in [-0.2, 0) is 13.0 Å². The molecule has 0 bridgehead atoms. The molecular formula is C21H24FN7O2. The van der Waals surface area contributed by atoms with E-state index >= 15 is 0 Å². The number of anilines is 1. The van der Waals surface area contributed by atoms with E-state index in [1.165, 1.54) is 7.05 Å². The summed E-state index contributed by atoms with van der Waals surface area (Å²) in [5.41, 5.74) is 2.04. The number of pyridine rings is 1. The molecule has 2 unspecified atom stereocenters. The Morgan fingerprint density at radius 3 is 2.84 bits per heavy atom. The van der Waals surface area contributed by atoms with Crippen LogP contribution in [-0.4, -0.2) is 62.4 Å². The zero-order valence-electron chi connectivity index (χ0n) is 17.4. The lowest BCUT2D eigenvalue weighted by Gasteiger charge is -2.35. The Hall–Kier alpha value is -3.27. The van der Waals surface area contributed by atoms with Gasteiger partial charge < -0.3 is 10.2 Å². The van der Waals surface area contributed by atoms with Gasteiger partial charge in [0.2, 0.25) is 11.7 Å². The fraction of sp³-hybridized carbons (Fsp3) is 0.429. The van der Waals surface area contributed by atoms with Gasteiger partial charge in [-0.2, -0.15) is 4.39 Å². The number of carbonyl (C=O) groups excluding carboxylic acids is 1. The highest BCUT2D eigenvalue weighted by atomic mass is 19.1. The number of imidazole rings is 1. The van der Waals surface area contributed by atoms with E-state index in [0.717, 1.165) is 24.2 Å². The van der Waals surface area contributed by atoms with Crippen LogP contribution in [0.3, 0.4) is 0 Å². The number of amides is 1. The number of aromatic nitrogens is 4. The molecule has 2 atom stereocenters. The first kappa shape index (κ1) is 19.7. The van der Waals surface area contributed by atoms with Gasteiger partial charge in [0.25, 0.3) is 11.5 Å². The van der Waals surface area contributed by atoms with Crippen LogP contribution in [0.4, 0.5) is 10.1 Å². The summed E-state index contributed by atoms with van der Waals surface area (Å²) >= 11 is 0. The molecule has 0 radical (unpaired) electrons. The second kappa shape index (κ2) is 7.45. The average molecular weight is 425 g/mol. The number of halogens is 1. The van der Waals surface area contributed by atoms with Crippen molar-refractivity contribution >= 4 is 17.4 Å². The second-order valence-corrected chi connectivity index (χ2v) is 8.04. The lowest BCUT2D eigenvalue weighted by atomic mass is 10.2. The largest absolute Gasteiger partial charge is 0.362 e. The Labute approximate surface area is 177 Å². The molecule has 0 spiro atoms. The normalized spacial score (nSPS) is 20.7. The molecule has 1 aliphatic heterocycles. The van der Waals surface area contributed by atoms with Crippen LogP contribution < -0.4 is 15.8 Å². The Morgan fingerprint density at radius 1 is 1.26 bits per heavy atom. The van der Waals surface area contributed by atoms with Crippen LogP contribution in [0.1, 0.15) is 35.1 Å². The molecule has 2 N–H and O–H groups in total. The van der Waals surface area contributed by atoms with Gasteiger partial charge in [-0.05, 0) is 25.0 Å². The Morgan fingerprint density at radius 2 is 2.10 bits per heavy atom. The fourth-order valence-corrected chi connectivity index (χ4v) is 4.43. The molecule has 3 aromatic heterocycles. The molecule has 5 rings (SSSR count). The molecular weight excluding hydrogens is 401 g/mol. The molecule has 2 fully saturated rings. The zero-order chi connectivity index (χ0) is 21.7. The van der Waals surface area contributed by atoms with E-state index < -0.39 is 11.9 Å². The van der Waals surface area contributed by atoms with Crippen molar-refractivity contribution < 1.29 is 9.18 Å². The minimum atomic E-state index is -0.615. The SMILES string of the molecule is CCc1cn2cc(CN3CCN(c4ccc(C(=O)NC)nc4F)C4CC43)nc2[nH]c1=O. The van der Waals surface area contributed by atoms with Crippen molar-refractivity contribution in [2.45, 2.75) is 38.4 Å². The van der Waals surface area contributed by atoms with Gasteiger partial charge in [0.15, 0.2) is 0 Å².